The number of amides is 2. The fraction of sp³-hybridized carbons (Fsp3) is 0.286. The van der Waals surface area contributed by atoms with Gasteiger partial charge in [-0.25, -0.2) is 0 Å². The summed E-state index contributed by atoms with van der Waals surface area (Å²) in [6.07, 6.45) is 0.334. The van der Waals surface area contributed by atoms with Crippen molar-refractivity contribution in [2.24, 2.45) is 0 Å². The average molecular weight is 529 g/mol. The molecule has 0 unspecified atom stereocenters. The standard InChI is InChI=1S/C28H30Cl2N2O4/c1-19(2)31-28(34)24(16-20-9-5-4-6-10-20)32(17-21-13-14-22(29)23(30)15-21)27(33)18-36-26-12-8-7-11-25(26)35-3/h4-15,19,24H,16-18H2,1-3H3,(H,31,34)/t24-/m1/s1. The van der Waals surface area contributed by atoms with E-state index in [4.69, 9.17) is 32.7 Å². The zero-order chi connectivity index (χ0) is 26.1. The Labute approximate surface area is 222 Å². The van der Waals surface area contributed by atoms with Gasteiger partial charge in [0.15, 0.2) is 18.1 Å². The molecule has 3 aromatic carbocycles. The van der Waals surface area contributed by atoms with Crippen LogP contribution in [0.2, 0.25) is 10.0 Å². The summed E-state index contributed by atoms with van der Waals surface area (Å²) in [5.74, 6) is 0.347. The van der Waals surface area contributed by atoms with Crippen LogP contribution in [0.15, 0.2) is 72.8 Å². The summed E-state index contributed by atoms with van der Waals surface area (Å²) >= 11 is 12.3. The maximum Gasteiger partial charge on any atom is 0.261 e. The van der Waals surface area contributed by atoms with Gasteiger partial charge in [-0.3, -0.25) is 9.59 Å². The number of halogens is 2. The molecule has 2 amide bonds. The predicted octanol–water partition coefficient (Wildman–Crippen LogP) is 5.55. The Hall–Kier alpha value is -3.22. The molecule has 0 aliphatic carbocycles. The lowest BCUT2D eigenvalue weighted by Gasteiger charge is -2.32. The van der Waals surface area contributed by atoms with E-state index in [1.807, 2.05) is 50.2 Å². The lowest BCUT2D eigenvalue weighted by atomic mass is 10.0. The second-order valence-corrected chi connectivity index (χ2v) is 9.39. The van der Waals surface area contributed by atoms with Crippen LogP contribution in [0.4, 0.5) is 0 Å². The summed E-state index contributed by atoms with van der Waals surface area (Å²) in [7, 11) is 1.53. The molecule has 3 aromatic rings. The molecule has 3 rings (SSSR count). The van der Waals surface area contributed by atoms with Crippen LogP contribution in [0, 0.1) is 0 Å². The summed E-state index contributed by atoms with van der Waals surface area (Å²) < 4.78 is 11.1. The molecule has 0 bridgehead atoms. The van der Waals surface area contributed by atoms with E-state index in [0.717, 1.165) is 11.1 Å². The van der Waals surface area contributed by atoms with E-state index in [1.165, 1.54) is 12.0 Å². The minimum absolute atomic E-state index is 0.0949. The molecule has 8 heteroatoms. The van der Waals surface area contributed by atoms with Crippen molar-refractivity contribution in [2.45, 2.75) is 38.9 Å². The van der Waals surface area contributed by atoms with Crippen LogP contribution in [-0.2, 0) is 22.6 Å². The van der Waals surface area contributed by atoms with Gasteiger partial charge in [0.05, 0.1) is 17.2 Å². The topological polar surface area (TPSA) is 67.9 Å². The van der Waals surface area contributed by atoms with E-state index < -0.39 is 6.04 Å². The maximum atomic E-state index is 13.6. The number of methoxy groups -OCH3 is 1. The number of benzene rings is 3. The van der Waals surface area contributed by atoms with Gasteiger partial charge in [0.1, 0.15) is 6.04 Å². The third kappa shape index (κ3) is 7.64. The molecule has 0 fully saturated rings. The van der Waals surface area contributed by atoms with Gasteiger partial charge in [0, 0.05) is 19.0 Å². The van der Waals surface area contributed by atoms with Crippen molar-refractivity contribution in [2.75, 3.05) is 13.7 Å². The zero-order valence-electron chi connectivity index (χ0n) is 20.5. The minimum atomic E-state index is -0.780. The van der Waals surface area contributed by atoms with Gasteiger partial charge in [-0.2, -0.15) is 0 Å². The number of ether oxygens (including phenoxy) is 2. The van der Waals surface area contributed by atoms with Crippen LogP contribution >= 0.6 is 23.2 Å². The number of nitrogens with one attached hydrogen (secondary N) is 1. The number of hydrogen-bond acceptors (Lipinski definition) is 4. The second-order valence-electron chi connectivity index (χ2n) is 8.58. The number of nitrogens with zero attached hydrogens (tertiary/aromatic N) is 1. The van der Waals surface area contributed by atoms with Crippen LogP contribution in [0.3, 0.4) is 0 Å². The smallest absolute Gasteiger partial charge is 0.261 e. The first-order chi connectivity index (χ1) is 17.3. The normalized spacial score (nSPS) is 11.6. The van der Waals surface area contributed by atoms with Gasteiger partial charge in [-0.1, -0.05) is 71.7 Å². The predicted molar refractivity (Wildman–Crippen MR) is 143 cm³/mol. The van der Waals surface area contributed by atoms with E-state index >= 15 is 0 Å². The van der Waals surface area contributed by atoms with E-state index in [1.54, 1.807) is 36.4 Å². The Morgan fingerprint density at radius 2 is 1.56 bits per heavy atom. The number of carbonyl (C=O) groups is 2. The van der Waals surface area contributed by atoms with Gasteiger partial charge >= 0.3 is 0 Å². The molecule has 190 valence electrons. The molecule has 1 N–H and O–H groups in total. The molecule has 6 nitrogen and oxygen atoms in total. The van der Waals surface area contributed by atoms with Crippen LogP contribution in [0.5, 0.6) is 11.5 Å². The molecule has 0 aliphatic heterocycles. The summed E-state index contributed by atoms with van der Waals surface area (Å²) in [5, 5.41) is 3.74. The Morgan fingerprint density at radius 3 is 2.19 bits per heavy atom. The fourth-order valence-electron chi connectivity index (χ4n) is 3.73. The van der Waals surface area contributed by atoms with Gasteiger partial charge in [-0.15, -0.1) is 0 Å². The van der Waals surface area contributed by atoms with Crippen molar-refractivity contribution in [3.63, 3.8) is 0 Å². The highest BCUT2D eigenvalue weighted by Crippen LogP contribution is 2.27. The second kappa shape index (κ2) is 13.2. The summed E-state index contributed by atoms with van der Waals surface area (Å²) in [4.78, 5) is 28.5. The fourth-order valence-corrected chi connectivity index (χ4v) is 4.05. The largest absolute Gasteiger partial charge is 0.493 e. The molecular formula is C28H30Cl2N2O4. The van der Waals surface area contributed by atoms with Crippen LogP contribution in [-0.4, -0.2) is 42.5 Å². The van der Waals surface area contributed by atoms with E-state index in [2.05, 4.69) is 5.32 Å². The maximum absolute atomic E-state index is 13.6. The van der Waals surface area contributed by atoms with Crippen LogP contribution in [0.25, 0.3) is 0 Å². The number of carbonyl (C=O) groups excluding carboxylic acids is 2. The molecule has 0 radical (unpaired) electrons. The van der Waals surface area contributed by atoms with Crippen molar-refractivity contribution < 1.29 is 19.1 Å². The lowest BCUT2D eigenvalue weighted by molar-refractivity contribution is -0.143. The van der Waals surface area contributed by atoms with Gasteiger partial charge < -0.3 is 19.7 Å². The van der Waals surface area contributed by atoms with Crippen LogP contribution in [0.1, 0.15) is 25.0 Å². The number of rotatable bonds is 11. The van der Waals surface area contributed by atoms with Crippen molar-refractivity contribution in [1.82, 2.24) is 10.2 Å². The Balaban J connectivity index is 1.94. The zero-order valence-corrected chi connectivity index (χ0v) is 22.1. The lowest BCUT2D eigenvalue weighted by Crippen LogP contribution is -2.52. The molecule has 0 saturated carbocycles. The van der Waals surface area contributed by atoms with Gasteiger partial charge in [0.2, 0.25) is 5.91 Å². The minimum Gasteiger partial charge on any atom is -0.493 e. The van der Waals surface area contributed by atoms with Crippen molar-refractivity contribution in [3.05, 3.63) is 94.0 Å². The first-order valence-electron chi connectivity index (χ1n) is 11.6. The summed E-state index contributed by atoms with van der Waals surface area (Å²) in [6.45, 7) is 3.64. The third-order valence-corrected chi connectivity index (χ3v) is 6.20. The molecule has 36 heavy (non-hydrogen) atoms. The highest BCUT2D eigenvalue weighted by Gasteiger charge is 2.31. The first-order valence-corrected chi connectivity index (χ1v) is 12.4. The highest BCUT2D eigenvalue weighted by atomic mass is 35.5. The molecule has 0 spiro atoms. The van der Waals surface area contributed by atoms with E-state index in [-0.39, 0.29) is 31.0 Å². The molecule has 1 atom stereocenters. The Morgan fingerprint density at radius 1 is 0.889 bits per heavy atom. The molecular weight excluding hydrogens is 499 g/mol. The number of hydrogen-bond donors (Lipinski definition) is 1. The van der Waals surface area contributed by atoms with E-state index in [9.17, 15) is 9.59 Å². The highest BCUT2D eigenvalue weighted by molar-refractivity contribution is 6.42. The van der Waals surface area contributed by atoms with Crippen molar-refractivity contribution in [3.8, 4) is 11.5 Å². The monoisotopic (exact) mass is 528 g/mol. The molecule has 0 heterocycles. The molecule has 0 aliphatic rings. The first kappa shape index (κ1) is 27.4. The van der Waals surface area contributed by atoms with Gasteiger partial charge in [-0.05, 0) is 49.2 Å². The Kier molecular flexibility index (Phi) is 10.0. The Bertz CT molecular complexity index is 1170. The summed E-state index contributed by atoms with van der Waals surface area (Å²) in [5.41, 5.74) is 1.67. The van der Waals surface area contributed by atoms with E-state index in [0.29, 0.717) is 28.0 Å². The van der Waals surface area contributed by atoms with Gasteiger partial charge in [0.25, 0.3) is 5.91 Å². The quantitative estimate of drug-likeness (QED) is 0.354. The summed E-state index contributed by atoms with van der Waals surface area (Å²) in [6, 6.07) is 21.0. The number of para-hydroxylation sites is 2. The SMILES string of the molecule is COc1ccccc1OCC(=O)N(Cc1ccc(Cl)c(Cl)c1)[C@H](Cc1ccccc1)C(=O)NC(C)C. The van der Waals surface area contributed by atoms with Crippen LogP contribution < -0.4 is 14.8 Å². The third-order valence-electron chi connectivity index (χ3n) is 5.46. The van der Waals surface area contributed by atoms with Crippen molar-refractivity contribution >= 4 is 35.0 Å². The molecule has 0 saturated heterocycles. The van der Waals surface area contributed by atoms with Crippen molar-refractivity contribution in [1.29, 1.82) is 0 Å². The molecule has 0 aromatic heterocycles. The average Bonchev–Trinajstić information content (AvgIpc) is 2.87.